The van der Waals surface area contributed by atoms with Gasteiger partial charge < -0.3 is 14.9 Å². The van der Waals surface area contributed by atoms with E-state index in [1.54, 1.807) is 20.8 Å². The van der Waals surface area contributed by atoms with E-state index in [9.17, 15) is 14.7 Å². The van der Waals surface area contributed by atoms with Crippen LogP contribution in [0.2, 0.25) is 0 Å². The van der Waals surface area contributed by atoms with Crippen molar-refractivity contribution in [3.63, 3.8) is 0 Å². The average molecular weight is 252 g/mol. The lowest BCUT2D eigenvalue weighted by Gasteiger charge is -2.16. The van der Waals surface area contributed by atoms with Gasteiger partial charge in [0.05, 0.1) is 5.41 Å². The summed E-state index contributed by atoms with van der Waals surface area (Å²) in [7, 11) is 0. The van der Waals surface area contributed by atoms with Crippen molar-refractivity contribution < 1.29 is 24.5 Å². The van der Waals surface area contributed by atoms with Crippen molar-refractivity contribution in [3.8, 4) is 5.75 Å². The Morgan fingerprint density at radius 2 is 1.89 bits per heavy atom. The highest BCUT2D eigenvalue weighted by molar-refractivity contribution is 5.78. The van der Waals surface area contributed by atoms with Gasteiger partial charge in [-0.25, -0.2) is 4.79 Å². The molecule has 1 aromatic carbocycles. The molecule has 0 saturated carbocycles. The van der Waals surface area contributed by atoms with Crippen molar-refractivity contribution in [1.82, 2.24) is 0 Å². The first-order chi connectivity index (χ1) is 8.21. The standard InChI is InChI=1S/C13H16O5/c1-13(2,3)12(17)18-9-6-4-5-8(7-9)10(14)11(15)16/h4-7,10,14H,1-3H3,(H,15,16). The van der Waals surface area contributed by atoms with Crippen LogP contribution in [0.5, 0.6) is 5.75 Å². The molecule has 0 saturated heterocycles. The molecule has 0 aliphatic rings. The second-order valence-electron chi connectivity index (χ2n) is 4.95. The fraction of sp³-hybridized carbons (Fsp3) is 0.385. The Hall–Kier alpha value is -1.88. The van der Waals surface area contributed by atoms with Crippen molar-refractivity contribution in [2.75, 3.05) is 0 Å². The number of aliphatic hydroxyl groups excluding tert-OH is 1. The molecule has 0 bridgehead atoms. The number of aliphatic hydroxyl groups is 1. The Kier molecular flexibility index (Phi) is 4.08. The van der Waals surface area contributed by atoms with E-state index in [0.29, 0.717) is 0 Å². The van der Waals surface area contributed by atoms with Crippen molar-refractivity contribution in [3.05, 3.63) is 29.8 Å². The minimum Gasteiger partial charge on any atom is -0.479 e. The van der Waals surface area contributed by atoms with E-state index in [1.165, 1.54) is 24.3 Å². The number of benzene rings is 1. The number of esters is 1. The molecule has 0 aromatic heterocycles. The number of ether oxygens (including phenoxy) is 1. The van der Waals surface area contributed by atoms with Crippen LogP contribution in [0.3, 0.4) is 0 Å². The molecule has 5 nitrogen and oxygen atoms in total. The molecule has 0 aliphatic heterocycles. The van der Waals surface area contributed by atoms with E-state index >= 15 is 0 Å². The summed E-state index contributed by atoms with van der Waals surface area (Å²) >= 11 is 0. The fourth-order valence-electron chi connectivity index (χ4n) is 1.15. The van der Waals surface area contributed by atoms with Crippen molar-refractivity contribution in [2.24, 2.45) is 5.41 Å². The van der Waals surface area contributed by atoms with Crippen LogP contribution in [0.25, 0.3) is 0 Å². The van der Waals surface area contributed by atoms with Gasteiger partial charge in [0.1, 0.15) is 5.75 Å². The summed E-state index contributed by atoms with van der Waals surface area (Å²) in [6, 6.07) is 5.84. The molecule has 1 rings (SSSR count). The summed E-state index contributed by atoms with van der Waals surface area (Å²) in [5.41, 5.74) is -0.483. The zero-order valence-corrected chi connectivity index (χ0v) is 10.5. The molecule has 0 fully saturated rings. The van der Waals surface area contributed by atoms with Crippen LogP contribution in [0.15, 0.2) is 24.3 Å². The molecule has 0 radical (unpaired) electrons. The summed E-state index contributed by atoms with van der Waals surface area (Å²) in [6.45, 7) is 5.14. The maximum Gasteiger partial charge on any atom is 0.337 e. The maximum atomic E-state index is 11.6. The van der Waals surface area contributed by atoms with Gasteiger partial charge in [0, 0.05) is 0 Å². The molecule has 1 aromatic rings. The number of aliphatic carboxylic acids is 1. The summed E-state index contributed by atoms with van der Waals surface area (Å²) in [4.78, 5) is 22.3. The number of rotatable bonds is 3. The van der Waals surface area contributed by atoms with Crippen molar-refractivity contribution in [1.29, 1.82) is 0 Å². The number of carbonyl (C=O) groups is 2. The number of carboxylic acid groups (broad SMARTS) is 1. The number of carboxylic acids is 1. The van der Waals surface area contributed by atoms with Crippen LogP contribution >= 0.6 is 0 Å². The monoisotopic (exact) mass is 252 g/mol. The summed E-state index contributed by atoms with van der Waals surface area (Å²) in [5, 5.41) is 18.1. The van der Waals surface area contributed by atoms with E-state index in [-0.39, 0.29) is 11.3 Å². The summed E-state index contributed by atoms with van der Waals surface area (Å²) in [5.74, 6) is -1.56. The van der Waals surface area contributed by atoms with Crippen molar-refractivity contribution in [2.45, 2.75) is 26.9 Å². The Bertz CT molecular complexity index is 459. The first-order valence-corrected chi connectivity index (χ1v) is 5.45. The average Bonchev–Trinajstić information content (AvgIpc) is 2.27. The van der Waals surface area contributed by atoms with Gasteiger partial charge >= 0.3 is 11.9 Å². The molecule has 5 heteroatoms. The quantitative estimate of drug-likeness (QED) is 0.632. The molecular formula is C13H16O5. The fourth-order valence-corrected chi connectivity index (χ4v) is 1.15. The molecule has 1 atom stereocenters. The van der Waals surface area contributed by atoms with Gasteiger partial charge in [-0.3, -0.25) is 4.79 Å². The van der Waals surface area contributed by atoms with E-state index in [4.69, 9.17) is 9.84 Å². The third-order valence-electron chi connectivity index (χ3n) is 2.23. The van der Waals surface area contributed by atoms with Gasteiger partial charge in [-0.05, 0) is 38.5 Å². The summed E-state index contributed by atoms with van der Waals surface area (Å²) in [6.07, 6.45) is -1.63. The topological polar surface area (TPSA) is 83.8 Å². The van der Waals surface area contributed by atoms with Crippen LogP contribution < -0.4 is 4.74 Å². The SMILES string of the molecule is CC(C)(C)C(=O)Oc1cccc(C(O)C(=O)O)c1. The molecule has 1 unspecified atom stereocenters. The molecular weight excluding hydrogens is 236 g/mol. The second-order valence-corrected chi connectivity index (χ2v) is 4.95. The van der Waals surface area contributed by atoms with Crippen LogP contribution in [-0.2, 0) is 9.59 Å². The largest absolute Gasteiger partial charge is 0.479 e. The van der Waals surface area contributed by atoms with Gasteiger partial charge in [-0.1, -0.05) is 12.1 Å². The van der Waals surface area contributed by atoms with E-state index in [0.717, 1.165) is 0 Å². The first kappa shape index (κ1) is 14.2. The van der Waals surface area contributed by atoms with Gasteiger partial charge in [0.2, 0.25) is 0 Å². The zero-order valence-electron chi connectivity index (χ0n) is 10.5. The minimum atomic E-state index is -1.63. The Balaban J connectivity index is 2.90. The number of hydrogen-bond acceptors (Lipinski definition) is 4. The molecule has 0 amide bonds. The predicted octanol–water partition coefficient (Wildman–Crippen LogP) is 1.76. The predicted molar refractivity (Wildman–Crippen MR) is 64.1 cm³/mol. The van der Waals surface area contributed by atoms with E-state index in [1.807, 2.05) is 0 Å². The maximum absolute atomic E-state index is 11.6. The van der Waals surface area contributed by atoms with Gasteiger partial charge in [-0.2, -0.15) is 0 Å². The van der Waals surface area contributed by atoms with Crippen LogP contribution in [0, 0.1) is 5.41 Å². The highest BCUT2D eigenvalue weighted by atomic mass is 16.5. The van der Waals surface area contributed by atoms with Crippen LogP contribution in [0.4, 0.5) is 0 Å². The highest BCUT2D eigenvalue weighted by Crippen LogP contribution is 2.22. The lowest BCUT2D eigenvalue weighted by Crippen LogP contribution is -2.25. The smallest absolute Gasteiger partial charge is 0.337 e. The van der Waals surface area contributed by atoms with Crippen LogP contribution in [-0.4, -0.2) is 22.2 Å². The van der Waals surface area contributed by atoms with Crippen molar-refractivity contribution >= 4 is 11.9 Å². The minimum absolute atomic E-state index is 0.168. The normalized spacial score (nSPS) is 12.9. The first-order valence-electron chi connectivity index (χ1n) is 5.45. The second kappa shape index (κ2) is 5.18. The molecule has 98 valence electrons. The molecule has 0 heterocycles. The Morgan fingerprint density at radius 3 is 2.39 bits per heavy atom. The van der Waals surface area contributed by atoms with Crippen LogP contribution in [0.1, 0.15) is 32.4 Å². The number of carbonyl (C=O) groups excluding carboxylic acids is 1. The Morgan fingerprint density at radius 1 is 1.28 bits per heavy atom. The molecule has 2 N–H and O–H groups in total. The van der Waals surface area contributed by atoms with E-state index < -0.39 is 23.5 Å². The summed E-state index contributed by atoms with van der Waals surface area (Å²) < 4.78 is 5.11. The van der Waals surface area contributed by atoms with Gasteiger partial charge in [0.15, 0.2) is 6.10 Å². The third-order valence-corrected chi connectivity index (χ3v) is 2.23. The van der Waals surface area contributed by atoms with Gasteiger partial charge in [-0.15, -0.1) is 0 Å². The Labute approximate surface area is 105 Å². The molecule has 0 spiro atoms. The third kappa shape index (κ3) is 3.56. The molecule has 0 aliphatic carbocycles. The molecule has 18 heavy (non-hydrogen) atoms. The van der Waals surface area contributed by atoms with Gasteiger partial charge in [0.25, 0.3) is 0 Å². The zero-order chi connectivity index (χ0) is 13.9. The highest BCUT2D eigenvalue weighted by Gasteiger charge is 2.24. The van der Waals surface area contributed by atoms with E-state index in [2.05, 4.69) is 0 Å². The number of hydrogen-bond donors (Lipinski definition) is 2. The lowest BCUT2D eigenvalue weighted by atomic mass is 9.97. The lowest BCUT2D eigenvalue weighted by molar-refractivity contribution is -0.147.